The van der Waals surface area contributed by atoms with Gasteiger partial charge in [0, 0.05) is 23.5 Å². The highest BCUT2D eigenvalue weighted by Gasteiger charge is 2.30. The first-order chi connectivity index (χ1) is 10.8. The van der Waals surface area contributed by atoms with Crippen LogP contribution in [0.1, 0.15) is 38.1 Å². The van der Waals surface area contributed by atoms with Crippen LogP contribution in [0.4, 0.5) is 0 Å². The van der Waals surface area contributed by atoms with Crippen LogP contribution in [0, 0.1) is 0 Å². The SMILES string of the molecule is CC(C)c1nncn1CCNC(=O)C(C)(N)c1ccc(Br)cc1.Cl.Cl. The van der Waals surface area contributed by atoms with Gasteiger partial charge in [0.15, 0.2) is 0 Å². The molecule has 1 amide bonds. The second-order valence-electron chi connectivity index (χ2n) is 6.00. The van der Waals surface area contributed by atoms with E-state index >= 15 is 0 Å². The minimum absolute atomic E-state index is 0. The van der Waals surface area contributed by atoms with Crippen molar-refractivity contribution < 1.29 is 4.79 Å². The zero-order valence-corrected chi connectivity index (χ0v) is 17.6. The number of nitrogens with one attached hydrogen (secondary N) is 1. The topological polar surface area (TPSA) is 85.8 Å². The maximum absolute atomic E-state index is 12.4. The van der Waals surface area contributed by atoms with Gasteiger partial charge in [0.25, 0.3) is 0 Å². The van der Waals surface area contributed by atoms with Gasteiger partial charge in [0.2, 0.25) is 5.91 Å². The summed E-state index contributed by atoms with van der Waals surface area (Å²) in [6, 6.07) is 7.44. The zero-order chi connectivity index (χ0) is 17.0. The van der Waals surface area contributed by atoms with Gasteiger partial charge >= 0.3 is 0 Å². The molecule has 0 aliphatic carbocycles. The highest BCUT2D eigenvalue weighted by atomic mass is 79.9. The van der Waals surface area contributed by atoms with Gasteiger partial charge in [-0.3, -0.25) is 4.79 Å². The second-order valence-corrected chi connectivity index (χ2v) is 6.92. The number of benzene rings is 1. The molecule has 6 nitrogen and oxygen atoms in total. The molecule has 0 aliphatic rings. The standard InChI is InChI=1S/C16H22BrN5O.2ClH/c1-11(2)14-21-20-10-22(14)9-8-19-15(23)16(3,18)12-4-6-13(17)7-5-12;;/h4-7,10-11H,8-9,18H2,1-3H3,(H,19,23);2*1H. The third kappa shape index (κ3) is 5.95. The molecule has 1 aromatic heterocycles. The molecule has 1 unspecified atom stereocenters. The molecule has 2 aromatic rings. The average Bonchev–Trinajstić information content (AvgIpc) is 2.96. The molecule has 2 rings (SSSR count). The molecule has 1 aromatic carbocycles. The Morgan fingerprint density at radius 1 is 1.32 bits per heavy atom. The lowest BCUT2D eigenvalue weighted by Gasteiger charge is -2.24. The number of hydrogen-bond acceptors (Lipinski definition) is 4. The molecule has 140 valence electrons. The number of nitrogens with zero attached hydrogens (tertiary/aromatic N) is 3. The molecule has 0 spiro atoms. The van der Waals surface area contributed by atoms with E-state index in [-0.39, 0.29) is 36.6 Å². The van der Waals surface area contributed by atoms with E-state index in [9.17, 15) is 4.79 Å². The van der Waals surface area contributed by atoms with Crippen LogP contribution in [0.25, 0.3) is 0 Å². The number of halogens is 3. The van der Waals surface area contributed by atoms with Crippen LogP contribution >= 0.6 is 40.7 Å². The van der Waals surface area contributed by atoms with E-state index in [4.69, 9.17) is 5.73 Å². The molecule has 9 heteroatoms. The van der Waals surface area contributed by atoms with E-state index in [2.05, 4.69) is 45.3 Å². The zero-order valence-electron chi connectivity index (χ0n) is 14.4. The normalized spacial score (nSPS) is 12.7. The molecule has 0 aliphatic heterocycles. The van der Waals surface area contributed by atoms with Gasteiger partial charge in [-0.05, 0) is 24.6 Å². The highest BCUT2D eigenvalue weighted by Crippen LogP contribution is 2.20. The number of aromatic nitrogens is 3. The molecule has 0 bridgehead atoms. The molecular formula is C16H24BrCl2N5O. The minimum Gasteiger partial charge on any atom is -0.352 e. The maximum atomic E-state index is 12.4. The Morgan fingerprint density at radius 3 is 2.48 bits per heavy atom. The van der Waals surface area contributed by atoms with Crippen LogP contribution in [0.5, 0.6) is 0 Å². The summed E-state index contributed by atoms with van der Waals surface area (Å²) in [6.45, 7) is 6.92. The molecule has 25 heavy (non-hydrogen) atoms. The van der Waals surface area contributed by atoms with Crippen molar-refractivity contribution >= 4 is 46.7 Å². The van der Waals surface area contributed by atoms with Gasteiger partial charge in [-0.1, -0.05) is 41.9 Å². The van der Waals surface area contributed by atoms with Crippen molar-refractivity contribution in [3.8, 4) is 0 Å². The van der Waals surface area contributed by atoms with E-state index in [0.29, 0.717) is 13.1 Å². The lowest BCUT2D eigenvalue weighted by atomic mass is 9.92. The van der Waals surface area contributed by atoms with Crippen LogP contribution in [-0.2, 0) is 16.9 Å². The van der Waals surface area contributed by atoms with Crippen molar-refractivity contribution in [2.45, 2.75) is 38.8 Å². The molecule has 1 atom stereocenters. The molecular weight excluding hydrogens is 429 g/mol. The first-order valence-electron chi connectivity index (χ1n) is 7.53. The lowest BCUT2D eigenvalue weighted by Crippen LogP contribution is -2.49. The van der Waals surface area contributed by atoms with Crippen molar-refractivity contribution in [1.82, 2.24) is 20.1 Å². The largest absolute Gasteiger partial charge is 0.352 e. The summed E-state index contributed by atoms with van der Waals surface area (Å²) in [5.41, 5.74) is 5.90. The monoisotopic (exact) mass is 451 g/mol. The Labute approximate surface area is 168 Å². The average molecular weight is 453 g/mol. The van der Waals surface area contributed by atoms with Gasteiger partial charge in [0.1, 0.15) is 17.7 Å². The lowest BCUT2D eigenvalue weighted by molar-refractivity contribution is -0.126. The second kappa shape index (κ2) is 10.1. The van der Waals surface area contributed by atoms with Crippen LogP contribution in [-0.4, -0.2) is 27.2 Å². The summed E-state index contributed by atoms with van der Waals surface area (Å²) in [4.78, 5) is 12.4. The van der Waals surface area contributed by atoms with Gasteiger partial charge in [-0.15, -0.1) is 35.0 Å². The van der Waals surface area contributed by atoms with Crippen molar-refractivity contribution in [2.75, 3.05) is 6.54 Å². The summed E-state index contributed by atoms with van der Waals surface area (Å²) in [5.74, 6) is 0.984. The summed E-state index contributed by atoms with van der Waals surface area (Å²) < 4.78 is 2.89. The molecule has 0 saturated heterocycles. The number of nitrogens with two attached hydrogens (primary N) is 1. The fourth-order valence-corrected chi connectivity index (χ4v) is 2.55. The number of carbonyl (C=O) groups is 1. The van der Waals surface area contributed by atoms with Crippen LogP contribution in [0.3, 0.4) is 0 Å². The minimum atomic E-state index is -1.07. The van der Waals surface area contributed by atoms with E-state index in [1.807, 2.05) is 28.8 Å². The molecule has 0 saturated carbocycles. The maximum Gasteiger partial charge on any atom is 0.244 e. The highest BCUT2D eigenvalue weighted by molar-refractivity contribution is 9.10. The Kier molecular flexibility index (Phi) is 9.64. The third-order valence-electron chi connectivity index (χ3n) is 3.72. The number of carbonyl (C=O) groups excluding carboxylic acids is 1. The third-order valence-corrected chi connectivity index (χ3v) is 4.24. The number of hydrogen-bond donors (Lipinski definition) is 2. The van der Waals surface area contributed by atoms with Gasteiger partial charge in [0.05, 0.1) is 0 Å². The van der Waals surface area contributed by atoms with Crippen LogP contribution in [0.15, 0.2) is 35.1 Å². The Hall–Kier alpha value is -1.15. The molecule has 1 heterocycles. The summed E-state index contributed by atoms with van der Waals surface area (Å²) in [6.07, 6.45) is 1.68. The number of amides is 1. The number of rotatable bonds is 6. The van der Waals surface area contributed by atoms with Gasteiger partial charge in [-0.25, -0.2) is 0 Å². The van der Waals surface area contributed by atoms with Gasteiger partial charge < -0.3 is 15.6 Å². The van der Waals surface area contributed by atoms with Crippen molar-refractivity contribution in [1.29, 1.82) is 0 Å². The predicted molar refractivity (Wildman–Crippen MR) is 107 cm³/mol. The fourth-order valence-electron chi connectivity index (χ4n) is 2.28. The fraction of sp³-hybridized carbons (Fsp3) is 0.438. The van der Waals surface area contributed by atoms with Crippen molar-refractivity contribution in [3.63, 3.8) is 0 Å². The van der Waals surface area contributed by atoms with Crippen molar-refractivity contribution in [3.05, 3.63) is 46.5 Å². The summed E-state index contributed by atoms with van der Waals surface area (Å²) in [7, 11) is 0. The van der Waals surface area contributed by atoms with E-state index in [0.717, 1.165) is 15.9 Å². The van der Waals surface area contributed by atoms with Crippen LogP contribution in [0.2, 0.25) is 0 Å². The quantitative estimate of drug-likeness (QED) is 0.705. The Bertz CT molecular complexity index is 673. The molecule has 0 fully saturated rings. The summed E-state index contributed by atoms with van der Waals surface area (Å²) >= 11 is 3.38. The predicted octanol–water partition coefficient (Wildman–Crippen LogP) is 3.00. The smallest absolute Gasteiger partial charge is 0.244 e. The van der Waals surface area contributed by atoms with E-state index in [1.54, 1.807) is 13.3 Å². The first-order valence-corrected chi connectivity index (χ1v) is 8.32. The first kappa shape index (κ1) is 23.9. The Morgan fingerprint density at radius 2 is 1.92 bits per heavy atom. The summed E-state index contributed by atoms with van der Waals surface area (Å²) in [5, 5.41) is 10.9. The van der Waals surface area contributed by atoms with E-state index in [1.165, 1.54) is 0 Å². The van der Waals surface area contributed by atoms with E-state index < -0.39 is 5.54 Å². The van der Waals surface area contributed by atoms with Crippen molar-refractivity contribution in [2.24, 2.45) is 5.73 Å². The molecule has 0 radical (unpaired) electrons. The van der Waals surface area contributed by atoms with Crippen LogP contribution < -0.4 is 11.1 Å². The van der Waals surface area contributed by atoms with Gasteiger partial charge in [-0.2, -0.15) is 0 Å². The molecule has 3 N–H and O–H groups in total. The Balaban J connectivity index is 0.00000288.